The summed E-state index contributed by atoms with van der Waals surface area (Å²) in [6.45, 7) is 7.51. The summed E-state index contributed by atoms with van der Waals surface area (Å²) in [5.74, 6) is 1.19. The molecular formula is C24H27FN4O2S. The standard InChI is InChI=1S/C24H27FN4O2S/c1-17-7-9-22(10-8-17)32(30,31)29-13-11-28(12-14-29)24-23(18(2)26-19(3)27-24)16-20-5-4-6-21(25)15-20/h4-10,15H,11-14,16H2,1-3H3. The highest BCUT2D eigenvalue weighted by atomic mass is 32.2. The zero-order chi connectivity index (χ0) is 22.9. The quantitative estimate of drug-likeness (QED) is 0.589. The molecule has 4 rings (SSSR count). The maximum absolute atomic E-state index is 13.7. The van der Waals surface area contributed by atoms with Crippen LogP contribution in [-0.4, -0.2) is 48.9 Å². The third-order valence-electron chi connectivity index (χ3n) is 5.77. The lowest BCUT2D eigenvalue weighted by molar-refractivity contribution is 0.383. The molecule has 3 aromatic rings. The summed E-state index contributed by atoms with van der Waals surface area (Å²) < 4.78 is 41.3. The molecule has 0 saturated carbocycles. The Bertz CT molecular complexity index is 1220. The zero-order valence-electron chi connectivity index (χ0n) is 18.5. The van der Waals surface area contributed by atoms with Crippen LogP contribution in [0.25, 0.3) is 0 Å². The fraction of sp³-hybridized carbons (Fsp3) is 0.333. The van der Waals surface area contributed by atoms with E-state index < -0.39 is 10.0 Å². The van der Waals surface area contributed by atoms with Gasteiger partial charge in [0, 0.05) is 43.9 Å². The molecule has 0 bridgehead atoms. The van der Waals surface area contributed by atoms with Crippen LogP contribution in [0.1, 0.15) is 28.2 Å². The minimum atomic E-state index is -3.53. The molecular weight excluding hydrogens is 427 g/mol. The Kier molecular flexibility index (Phi) is 6.26. The molecule has 0 N–H and O–H groups in total. The van der Waals surface area contributed by atoms with Gasteiger partial charge in [-0.1, -0.05) is 29.8 Å². The van der Waals surface area contributed by atoms with E-state index in [1.807, 2.05) is 39.0 Å². The van der Waals surface area contributed by atoms with Crippen molar-refractivity contribution in [2.24, 2.45) is 0 Å². The van der Waals surface area contributed by atoms with Gasteiger partial charge in [0.1, 0.15) is 17.5 Å². The number of hydrogen-bond acceptors (Lipinski definition) is 5. The lowest BCUT2D eigenvalue weighted by Gasteiger charge is -2.36. The number of aromatic nitrogens is 2. The first-order chi connectivity index (χ1) is 15.2. The predicted octanol–water partition coefficient (Wildman–Crippen LogP) is 3.64. The molecule has 1 aromatic heterocycles. The van der Waals surface area contributed by atoms with Crippen LogP contribution in [-0.2, 0) is 16.4 Å². The van der Waals surface area contributed by atoms with Crippen LogP contribution in [0.4, 0.5) is 10.2 Å². The Morgan fingerprint density at radius 2 is 1.62 bits per heavy atom. The van der Waals surface area contributed by atoms with Crippen molar-refractivity contribution in [1.29, 1.82) is 0 Å². The van der Waals surface area contributed by atoms with E-state index >= 15 is 0 Å². The van der Waals surface area contributed by atoms with Crippen molar-refractivity contribution in [2.75, 3.05) is 31.1 Å². The van der Waals surface area contributed by atoms with Crippen molar-refractivity contribution in [3.05, 3.63) is 82.6 Å². The molecule has 1 aliphatic heterocycles. The Labute approximate surface area is 188 Å². The van der Waals surface area contributed by atoms with Gasteiger partial charge in [0.05, 0.1) is 4.90 Å². The highest BCUT2D eigenvalue weighted by Crippen LogP contribution is 2.27. The molecule has 32 heavy (non-hydrogen) atoms. The zero-order valence-corrected chi connectivity index (χ0v) is 19.4. The smallest absolute Gasteiger partial charge is 0.243 e. The van der Waals surface area contributed by atoms with Crippen LogP contribution in [0.15, 0.2) is 53.4 Å². The molecule has 0 atom stereocenters. The Morgan fingerprint density at radius 1 is 0.938 bits per heavy atom. The maximum Gasteiger partial charge on any atom is 0.243 e. The van der Waals surface area contributed by atoms with Gasteiger partial charge < -0.3 is 4.90 Å². The van der Waals surface area contributed by atoms with Gasteiger partial charge in [-0.25, -0.2) is 22.8 Å². The minimum Gasteiger partial charge on any atom is -0.354 e. The second-order valence-corrected chi connectivity index (χ2v) is 10.1. The topological polar surface area (TPSA) is 66.4 Å². The summed E-state index contributed by atoms with van der Waals surface area (Å²) in [6, 6.07) is 13.5. The van der Waals surface area contributed by atoms with Crippen LogP contribution in [0.2, 0.25) is 0 Å². The SMILES string of the molecule is Cc1ccc(S(=O)(=O)N2CCN(c3nc(C)nc(C)c3Cc3cccc(F)c3)CC2)cc1. The molecule has 0 unspecified atom stereocenters. The molecule has 0 amide bonds. The molecule has 0 radical (unpaired) electrons. The van der Waals surface area contributed by atoms with Crippen molar-refractivity contribution < 1.29 is 12.8 Å². The van der Waals surface area contributed by atoms with E-state index in [0.717, 1.165) is 28.2 Å². The second kappa shape index (κ2) is 8.96. The summed E-state index contributed by atoms with van der Waals surface area (Å²) in [6.07, 6.45) is 0.515. The third-order valence-corrected chi connectivity index (χ3v) is 7.68. The van der Waals surface area contributed by atoms with Gasteiger partial charge in [0.2, 0.25) is 10.0 Å². The fourth-order valence-corrected chi connectivity index (χ4v) is 5.46. The number of benzene rings is 2. The van der Waals surface area contributed by atoms with Crippen LogP contribution in [0.3, 0.4) is 0 Å². The van der Waals surface area contributed by atoms with Crippen molar-refractivity contribution >= 4 is 15.8 Å². The normalized spacial score (nSPS) is 15.2. The largest absolute Gasteiger partial charge is 0.354 e. The summed E-state index contributed by atoms with van der Waals surface area (Å²) in [5, 5.41) is 0. The number of halogens is 1. The molecule has 1 fully saturated rings. The van der Waals surface area contributed by atoms with Gasteiger partial charge in [-0.2, -0.15) is 4.31 Å². The van der Waals surface area contributed by atoms with Gasteiger partial charge in [-0.05, 0) is 50.6 Å². The number of anilines is 1. The van der Waals surface area contributed by atoms with E-state index in [-0.39, 0.29) is 5.82 Å². The van der Waals surface area contributed by atoms with Gasteiger partial charge >= 0.3 is 0 Å². The lowest BCUT2D eigenvalue weighted by atomic mass is 10.0. The first-order valence-corrected chi connectivity index (χ1v) is 12.1. The van der Waals surface area contributed by atoms with Crippen molar-refractivity contribution in [3.8, 4) is 0 Å². The van der Waals surface area contributed by atoms with Gasteiger partial charge in [0.15, 0.2) is 0 Å². The lowest BCUT2D eigenvalue weighted by Crippen LogP contribution is -2.49. The average Bonchev–Trinajstić information content (AvgIpc) is 2.76. The third kappa shape index (κ3) is 4.66. The summed E-state index contributed by atoms with van der Waals surface area (Å²) in [4.78, 5) is 11.6. The average molecular weight is 455 g/mol. The highest BCUT2D eigenvalue weighted by Gasteiger charge is 2.30. The van der Waals surface area contributed by atoms with Crippen molar-refractivity contribution in [3.63, 3.8) is 0 Å². The van der Waals surface area contributed by atoms with Gasteiger partial charge in [-0.3, -0.25) is 0 Å². The predicted molar refractivity (Wildman–Crippen MR) is 123 cm³/mol. The van der Waals surface area contributed by atoms with Crippen molar-refractivity contribution in [2.45, 2.75) is 32.1 Å². The molecule has 2 heterocycles. The number of piperazine rings is 1. The molecule has 0 spiro atoms. The fourth-order valence-electron chi connectivity index (χ4n) is 4.04. The number of hydrogen-bond donors (Lipinski definition) is 0. The maximum atomic E-state index is 13.7. The van der Waals surface area contributed by atoms with Crippen LogP contribution >= 0.6 is 0 Å². The van der Waals surface area contributed by atoms with Gasteiger partial charge in [0.25, 0.3) is 0 Å². The summed E-state index contributed by atoms with van der Waals surface area (Å²) >= 11 is 0. The first kappa shape index (κ1) is 22.4. The molecule has 0 aliphatic carbocycles. The highest BCUT2D eigenvalue weighted by molar-refractivity contribution is 7.89. The van der Waals surface area contributed by atoms with Crippen LogP contribution < -0.4 is 4.90 Å². The number of rotatable bonds is 5. The Balaban J connectivity index is 1.56. The van der Waals surface area contributed by atoms with Crippen LogP contribution in [0.5, 0.6) is 0 Å². The second-order valence-electron chi connectivity index (χ2n) is 8.17. The van der Waals surface area contributed by atoms with E-state index in [1.54, 1.807) is 18.2 Å². The van der Waals surface area contributed by atoms with Gasteiger partial charge in [-0.15, -0.1) is 0 Å². The minimum absolute atomic E-state index is 0.273. The number of nitrogens with zero attached hydrogens (tertiary/aromatic N) is 4. The Hall–Kier alpha value is -2.84. The molecule has 6 nitrogen and oxygen atoms in total. The van der Waals surface area contributed by atoms with Crippen molar-refractivity contribution in [1.82, 2.24) is 14.3 Å². The number of aryl methyl sites for hydroxylation is 3. The van der Waals surface area contributed by atoms with E-state index in [0.29, 0.717) is 43.3 Å². The Morgan fingerprint density at radius 3 is 2.28 bits per heavy atom. The molecule has 1 saturated heterocycles. The molecule has 2 aromatic carbocycles. The van der Waals surface area contributed by atoms with Crippen LogP contribution in [0, 0.1) is 26.6 Å². The van der Waals surface area contributed by atoms with E-state index in [2.05, 4.69) is 14.9 Å². The number of sulfonamides is 1. The molecule has 168 valence electrons. The molecule has 8 heteroatoms. The summed E-state index contributed by atoms with van der Waals surface area (Å²) in [7, 11) is -3.53. The van der Waals surface area contributed by atoms with E-state index in [4.69, 9.17) is 0 Å². The van der Waals surface area contributed by atoms with E-state index in [1.165, 1.54) is 16.4 Å². The first-order valence-electron chi connectivity index (χ1n) is 10.6. The molecule has 1 aliphatic rings. The van der Waals surface area contributed by atoms with E-state index in [9.17, 15) is 12.8 Å². The summed E-state index contributed by atoms with van der Waals surface area (Å²) in [5.41, 5.74) is 3.67. The monoisotopic (exact) mass is 454 g/mol.